The standard InChI is InChI=1S/C26H36F4N2O2/c1-24-9-8-21-19(4-3-17-11-16(15-34-2)7-10-25(17,21)27)20(24)5-6-22(24)23(33)14-32-13-18(12-31-32)26(28,29)30/h12-13,16-17,19-22H,3-11,14-15H2,1-2H3/t16?,17-,19+,20?,21?,22-,24+,25-/m1/s1. The monoisotopic (exact) mass is 484 g/mol. The molecule has 5 rings (SSSR count). The van der Waals surface area contributed by atoms with Crippen LogP contribution in [0.2, 0.25) is 0 Å². The lowest BCUT2D eigenvalue weighted by atomic mass is 9.48. The van der Waals surface area contributed by atoms with Gasteiger partial charge in [0, 0.05) is 25.8 Å². The smallest absolute Gasteiger partial charge is 0.384 e. The molecule has 1 aromatic rings. The first kappa shape index (κ1) is 24.3. The van der Waals surface area contributed by atoms with Gasteiger partial charge in [-0.3, -0.25) is 9.48 Å². The highest BCUT2D eigenvalue weighted by Crippen LogP contribution is 2.66. The molecule has 8 heteroatoms. The fraction of sp³-hybridized carbons (Fsp3) is 0.846. The predicted octanol–water partition coefficient (Wildman–Crippen LogP) is 6.09. The van der Waals surface area contributed by atoms with Gasteiger partial charge in [0.2, 0.25) is 0 Å². The number of alkyl halides is 4. The Kier molecular flexibility index (Phi) is 6.13. The minimum absolute atomic E-state index is 0.0380. The van der Waals surface area contributed by atoms with Crippen molar-refractivity contribution >= 4 is 5.78 Å². The van der Waals surface area contributed by atoms with Crippen LogP contribution in [0, 0.1) is 40.9 Å². The Morgan fingerprint density at radius 1 is 1.15 bits per heavy atom. The van der Waals surface area contributed by atoms with Gasteiger partial charge in [0.05, 0.1) is 18.3 Å². The largest absolute Gasteiger partial charge is 0.419 e. The summed E-state index contributed by atoms with van der Waals surface area (Å²) in [4.78, 5) is 13.3. The molecule has 0 bridgehead atoms. The topological polar surface area (TPSA) is 44.1 Å². The number of hydrogen-bond donors (Lipinski definition) is 0. The summed E-state index contributed by atoms with van der Waals surface area (Å²) in [6, 6.07) is 0. The summed E-state index contributed by atoms with van der Waals surface area (Å²) in [5, 5.41) is 3.78. The van der Waals surface area contributed by atoms with E-state index in [-0.39, 0.29) is 35.5 Å². The van der Waals surface area contributed by atoms with Crippen molar-refractivity contribution in [1.29, 1.82) is 0 Å². The van der Waals surface area contributed by atoms with Crippen molar-refractivity contribution in [3.63, 3.8) is 0 Å². The Morgan fingerprint density at radius 3 is 2.65 bits per heavy atom. The van der Waals surface area contributed by atoms with Crippen molar-refractivity contribution in [1.82, 2.24) is 9.78 Å². The maximum atomic E-state index is 16.6. The van der Waals surface area contributed by atoms with E-state index in [2.05, 4.69) is 12.0 Å². The molecule has 1 heterocycles. The predicted molar refractivity (Wildman–Crippen MR) is 119 cm³/mol. The number of carbonyl (C=O) groups is 1. The first-order valence-electron chi connectivity index (χ1n) is 12.9. The number of carbonyl (C=O) groups excluding carboxylic acids is 1. The number of halogens is 4. The van der Waals surface area contributed by atoms with E-state index in [0.29, 0.717) is 30.8 Å². The molecule has 0 amide bonds. The highest BCUT2D eigenvalue weighted by molar-refractivity contribution is 5.82. The molecular weight excluding hydrogens is 448 g/mol. The zero-order chi connectivity index (χ0) is 24.3. The third kappa shape index (κ3) is 3.92. The second-order valence-corrected chi connectivity index (χ2v) is 11.7. The van der Waals surface area contributed by atoms with Crippen LogP contribution in [0.3, 0.4) is 0 Å². The van der Waals surface area contributed by atoms with Gasteiger partial charge in [0.25, 0.3) is 0 Å². The third-order valence-electron chi connectivity index (χ3n) is 10.2. The second-order valence-electron chi connectivity index (χ2n) is 11.7. The van der Waals surface area contributed by atoms with E-state index in [0.717, 1.165) is 68.4 Å². The number of rotatable bonds is 5. The van der Waals surface area contributed by atoms with Crippen LogP contribution in [0.15, 0.2) is 12.4 Å². The van der Waals surface area contributed by atoms with Crippen molar-refractivity contribution in [2.24, 2.45) is 40.9 Å². The molecule has 4 fully saturated rings. The van der Waals surface area contributed by atoms with Crippen molar-refractivity contribution in [2.45, 2.75) is 83.1 Å². The molecule has 4 aliphatic carbocycles. The van der Waals surface area contributed by atoms with Crippen LogP contribution in [0.4, 0.5) is 17.6 Å². The van der Waals surface area contributed by atoms with Crippen LogP contribution in [0.25, 0.3) is 0 Å². The van der Waals surface area contributed by atoms with E-state index in [9.17, 15) is 18.0 Å². The average molecular weight is 485 g/mol. The van der Waals surface area contributed by atoms with Gasteiger partial charge in [-0.25, -0.2) is 4.39 Å². The fourth-order valence-corrected chi connectivity index (χ4v) is 8.65. The van der Waals surface area contributed by atoms with E-state index in [1.807, 2.05) is 0 Å². The number of ketones is 1. The fourth-order valence-electron chi connectivity index (χ4n) is 8.65. The van der Waals surface area contributed by atoms with Crippen LogP contribution < -0.4 is 0 Å². The van der Waals surface area contributed by atoms with Crippen molar-refractivity contribution in [2.75, 3.05) is 13.7 Å². The zero-order valence-corrected chi connectivity index (χ0v) is 20.1. The Hall–Kier alpha value is -1.44. The molecule has 4 saturated carbocycles. The lowest BCUT2D eigenvalue weighted by molar-refractivity contribution is -0.148. The molecule has 0 N–H and O–H groups in total. The van der Waals surface area contributed by atoms with E-state index in [1.165, 1.54) is 0 Å². The lowest BCUT2D eigenvalue weighted by Gasteiger charge is -2.58. The van der Waals surface area contributed by atoms with Crippen LogP contribution in [0.1, 0.15) is 70.3 Å². The zero-order valence-electron chi connectivity index (χ0n) is 20.1. The summed E-state index contributed by atoms with van der Waals surface area (Å²) in [5.74, 6) is 1.03. The number of methoxy groups -OCH3 is 1. The highest BCUT2D eigenvalue weighted by Gasteiger charge is 2.63. The van der Waals surface area contributed by atoms with Crippen LogP contribution in [0.5, 0.6) is 0 Å². The summed E-state index contributed by atoms with van der Waals surface area (Å²) < 4.78 is 61.8. The van der Waals surface area contributed by atoms with Crippen molar-refractivity contribution in [3.8, 4) is 0 Å². The quantitative estimate of drug-likeness (QED) is 0.475. The van der Waals surface area contributed by atoms with Gasteiger partial charge in [-0.05, 0) is 92.8 Å². The third-order valence-corrected chi connectivity index (χ3v) is 10.2. The number of aromatic nitrogens is 2. The van der Waals surface area contributed by atoms with Gasteiger partial charge < -0.3 is 4.74 Å². The summed E-state index contributed by atoms with van der Waals surface area (Å²) >= 11 is 0. The minimum atomic E-state index is -4.46. The van der Waals surface area contributed by atoms with Gasteiger partial charge in [-0.2, -0.15) is 18.3 Å². The summed E-state index contributed by atoms with van der Waals surface area (Å²) in [6.45, 7) is 2.76. The number of ether oxygens (including phenoxy) is 1. The molecule has 190 valence electrons. The van der Waals surface area contributed by atoms with Crippen LogP contribution in [-0.2, 0) is 22.3 Å². The molecule has 0 spiro atoms. The van der Waals surface area contributed by atoms with E-state index in [4.69, 9.17) is 4.74 Å². The summed E-state index contributed by atoms with van der Waals surface area (Å²) in [6.07, 6.45) is 4.88. The van der Waals surface area contributed by atoms with E-state index in [1.54, 1.807) is 7.11 Å². The summed E-state index contributed by atoms with van der Waals surface area (Å²) in [5.41, 5.74) is -2.13. The normalized spacial score (nSPS) is 42.1. The Bertz CT molecular complexity index is 917. The van der Waals surface area contributed by atoms with E-state index >= 15 is 4.39 Å². The Morgan fingerprint density at radius 2 is 1.94 bits per heavy atom. The average Bonchev–Trinajstić information content (AvgIpc) is 3.38. The van der Waals surface area contributed by atoms with Gasteiger partial charge in [-0.1, -0.05) is 6.92 Å². The second kappa shape index (κ2) is 8.59. The molecule has 34 heavy (non-hydrogen) atoms. The minimum Gasteiger partial charge on any atom is -0.384 e. The highest BCUT2D eigenvalue weighted by atomic mass is 19.4. The van der Waals surface area contributed by atoms with Crippen molar-refractivity contribution in [3.05, 3.63) is 18.0 Å². The number of nitrogens with zero attached hydrogens (tertiary/aromatic N) is 2. The van der Waals surface area contributed by atoms with Gasteiger partial charge in [0.15, 0.2) is 5.78 Å². The van der Waals surface area contributed by atoms with E-state index < -0.39 is 17.4 Å². The SMILES string of the molecule is COCC1CC[C@]2(F)C3CC[C@@]4(C)C(CC[C@@H]4C(=O)Cn4cc(C(F)(F)F)cn4)[C@@H]3CC[C@@H]2C1. The first-order chi connectivity index (χ1) is 16.1. The van der Waals surface area contributed by atoms with Gasteiger partial charge in [-0.15, -0.1) is 0 Å². The summed E-state index contributed by atoms with van der Waals surface area (Å²) in [7, 11) is 1.72. The number of Topliss-reactive ketones (excluding diaryl/α,β-unsaturated/α-hetero) is 1. The molecule has 3 unspecified atom stereocenters. The van der Waals surface area contributed by atoms with Crippen molar-refractivity contribution < 1.29 is 27.1 Å². The van der Waals surface area contributed by atoms with Crippen LogP contribution in [-0.4, -0.2) is 34.9 Å². The lowest BCUT2D eigenvalue weighted by Crippen LogP contribution is -2.57. The first-order valence-corrected chi connectivity index (χ1v) is 12.9. The molecule has 0 aromatic carbocycles. The molecule has 8 atom stereocenters. The molecular formula is C26H36F4N2O2. The van der Waals surface area contributed by atoms with Crippen LogP contribution >= 0.6 is 0 Å². The molecule has 4 nitrogen and oxygen atoms in total. The maximum absolute atomic E-state index is 16.6. The molecule has 1 aromatic heterocycles. The number of fused-ring (bicyclic) bond motifs is 5. The maximum Gasteiger partial charge on any atom is 0.419 e. The molecule has 0 saturated heterocycles. The van der Waals surface area contributed by atoms with Gasteiger partial charge in [0.1, 0.15) is 5.67 Å². The van der Waals surface area contributed by atoms with Gasteiger partial charge >= 0.3 is 6.18 Å². The Labute approximate surface area is 198 Å². The molecule has 0 radical (unpaired) electrons. The Balaban J connectivity index is 1.29. The number of hydrogen-bond acceptors (Lipinski definition) is 3. The molecule has 0 aliphatic heterocycles. The molecule has 4 aliphatic rings.